The normalized spacial score (nSPS) is 12.8. The number of rotatable bonds is 3. The summed E-state index contributed by atoms with van der Waals surface area (Å²) in [4.78, 5) is 0.780. The Balaban J connectivity index is 2.20. The molecular weight excluding hydrogens is 261 g/mol. The van der Waals surface area contributed by atoms with Crippen molar-refractivity contribution in [3.63, 3.8) is 0 Å². The van der Waals surface area contributed by atoms with E-state index >= 15 is 0 Å². The van der Waals surface area contributed by atoms with Crippen molar-refractivity contribution in [1.82, 2.24) is 0 Å². The van der Waals surface area contributed by atoms with Crippen LogP contribution in [0.1, 0.15) is 11.1 Å². The summed E-state index contributed by atoms with van der Waals surface area (Å²) in [5.74, 6) is -0.314. The summed E-state index contributed by atoms with van der Waals surface area (Å²) in [5, 5.41) is 0. The highest BCUT2D eigenvalue weighted by molar-refractivity contribution is 7.90. The molecule has 2 N–H and O–H groups in total. The van der Waals surface area contributed by atoms with Gasteiger partial charge in [-0.05, 0) is 59.2 Å². The predicted molar refractivity (Wildman–Crippen MR) is 78.5 cm³/mol. The third-order valence-corrected chi connectivity index (χ3v) is 3.65. The van der Waals surface area contributed by atoms with E-state index in [0.717, 1.165) is 10.5 Å². The fraction of sp³-hybridized carbons (Fsp3) is 0.0667. The molecule has 0 fully saturated rings. The lowest BCUT2D eigenvalue weighted by Gasteiger charge is -2.04. The number of halogens is 1. The molecule has 0 saturated carbocycles. The minimum atomic E-state index is -0.978. The van der Waals surface area contributed by atoms with Gasteiger partial charge < -0.3 is 10.3 Å². The second kappa shape index (κ2) is 5.91. The van der Waals surface area contributed by atoms with Gasteiger partial charge in [-0.15, -0.1) is 0 Å². The van der Waals surface area contributed by atoms with Crippen molar-refractivity contribution in [1.29, 1.82) is 0 Å². The third kappa shape index (κ3) is 3.59. The second-order valence-corrected chi connectivity index (χ2v) is 5.51. The number of benzene rings is 2. The van der Waals surface area contributed by atoms with Crippen LogP contribution in [0.4, 0.5) is 10.1 Å². The van der Waals surface area contributed by atoms with Gasteiger partial charge >= 0.3 is 0 Å². The van der Waals surface area contributed by atoms with E-state index in [1.54, 1.807) is 18.4 Å². The van der Waals surface area contributed by atoms with Crippen LogP contribution in [0.2, 0.25) is 0 Å². The number of nitrogen functional groups attached to an aromatic ring is 1. The SMILES string of the molecule is C[S+]([O-])c1ccc(C=Cc2cc(F)ccc2N)cc1. The lowest BCUT2D eigenvalue weighted by atomic mass is 10.1. The smallest absolute Gasteiger partial charge is 0.152 e. The van der Waals surface area contributed by atoms with Crippen LogP contribution in [0.25, 0.3) is 12.2 Å². The first kappa shape index (κ1) is 13.6. The molecule has 2 aromatic rings. The Labute approximate surface area is 114 Å². The van der Waals surface area contributed by atoms with Crippen molar-refractivity contribution >= 4 is 29.0 Å². The average Bonchev–Trinajstić information content (AvgIpc) is 2.40. The van der Waals surface area contributed by atoms with Gasteiger partial charge in [0.2, 0.25) is 0 Å². The molecule has 0 heterocycles. The summed E-state index contributed by atoms with van der Waals surface area (Å²) in [6, 6.07) is 11.6. The summed E-state index contributed by atoms with van der Waals surface area (Å²) in [6.07, 6.45) is 5.24. The first-order chi connectivity index (χ1) is 9.06. The van der Waals surface area contributed by atoms with E-state index in [9.17, 15) is 8.94 Å². The van der Waals surface area contributed by atoms with Gasteiger partial charge in [-0.25, -0.2) is 4.39 Å². The monoisotopic (exact) mass is 275 g/mol. The van der Waals surface area contributed by atoms with Crippen LogP contribution < -0.4 is 5.73 Å². The maximum absolute atomic E-state index is 13.1. The lowest BCUT2D eigenvalue weighted by molar-refractivity contribution is 0.601. The first-order valence-electron chi connectivity index (χ1n) is 5.73. The Morgan fingerprint density at radius 1 is 1.11 bits per heavy atom. The van der Waals surface area contributed by atoms with Gasteiger partial charge in [0.25, 0.3) is 0 Å². The fourth-order valence-electron chi connectivity index (χ4n) is 1.65. The van der Waals surface area contributed by atoms with E-state index in [0.29, 0.717) is 11.3 Å². The Kier molecular flexibility index (Phi) is 4.24. The van der Waals surface area contributed by atoms with Gasteiger partial charge in [-0.3, -0.25) is 0 Å². The van der Waals surface area contributed by atoms with Gasteiger partial charge in [0.15, 0.2) is 4.90 Å². The fourth-order valence-corrected chi connectivity index (χ4v) is 2.17. The quantitative estimate of drug-likeness (QED) is 0.530. The number of nitrogens with two attached hydrogens (primary N) is 1. The summed E-state index contributed by atoms with van der Waals surface area (Å²) >= 11 is -0.978. The van der Waals surface area contributed by atoms with Crippen LogP contribution in [0.15, 0.2) is 47.4 Å². The third-order valence-electron chi connectivity index (χ3n) is 2.72. The number of anilines is 1. The molecule has 2 nitrogen and oxygen atoms in total. The Hall–Kier alpha value is -1.78. The van der Waals surface area contributed by atoms with Gasteiger partial charge in [0.05, 0.1) is 0 Å². The van der Waals surface area contributed by atoms with Crippen molar-refractivity contribution in [3.05, 3.63) is 59.4 Å². The van der Waals surface area contributed by atoms with Gasteiger partial charge in [0.1, 0.15) is 12.1 Å². The Morgan fingerprint density at radius 3 is 2.42 bits per heavy atom. The Morgan fingerprint density at radius 2 is 1.79 bits per heavy atom. The average molecular weight is 275 g/mol. The molecule has 0 saturated heterocycles. The van der Waals surface area contributed by atoms with Crippen molar-refractivity contribution < 1.29 is 8.94 Å². The zero-order chi connectivity index (χ0) is 13.8. The molecule has 0 amide bonds. The largest absolute Gasteiger partial charge is 0.612 e. The maximum atomic E-state index is 13.1. The van der Waals surface area contributed by atoms with E-state index in [4.69, 9.17) is 5.73 Å². The minimum absolute atomic E-state index is 0.314. The highest BCUT2D eigenvalue weighted by Gasteiger charge is 2.02. The van der Waals surface area contributed by atoms with E-state index in [1.165, 1.54) is 12.1 Å². The topological polar surface area (TPSA) is 49.1 Å². The predicted octanol–water partition coefficient (Wildman–Crippen LogP) is 3.32. The zero-order valence-corrected chi connectivity index (χ0v) is 11.3. The summed E-state index contributed by atoms with van der Waals surface area (Å²) in [7, 11) is 0. The van der Waals surface area contributed by atoms with Crippen molar-refractivity contribution in [2.75, 3.05) is 12.0 Å². The van der Waals surface area contributed by atoms with Crippen molar-refractivity contribution in [2.24, 2.45) is 0 Å². The lowest BCUT2D eigenvalue weighted by Crippen LogP contribution is -1.96. The molecule has 19 heavy (non-hydrogen) atoms. The molecule has 4 heteroatoms. The van der Waals surface area contributed by atoms with Crippen LogP contribution in [0.3, 0.4) is 0 Å². The van der Waals surface area contributed by atoms with Gasteiger partial charge in [-0.1, -0.05) is 12.2 Å². The molecule has 0 aliphatic carbocycles. The molecule has 0 aliphatic heterocycles. The minimum Gasteiger partial charge on any atom is -0.612 e. The molecule has 2 rings (SSSR count). The molecule has 1 unspecified atom stereocenters. The Bertz CT molecular complexity index is 594. The highest BCUT2D eigenvalue weighted by atomic mass is 32.2. The summed E-state index contributed by atoms with van der Waals surface area (Å²) in [6.45, 7) is 0. The van der Waals surface area contributed by atoms with Crippen molar-refractivity contribution in [2.45, 2.75) is 4.90 Å². The highest BCUT2D eigenvalue weighted by Crippen LogP contribution is 2.17. The number of hydrogen-bond acceptors (Lipinski definition) is 2. The van der Waals surface area contributed by atoms with Crippen molar-refractivity contribution in [3.8, 4) is 0 Å². The standard InChI is InChI=1S/C15H14FNOS/c1-19(18)14-7-3-11(4-8-14)2-5-12-10-13(16)6-9-15(12)17/h2-10H,17H2,1H3. The molecule has 1 atom stereocenters. The van der Waals surface area contributed by atoms with Crippen LogP contribution in [0, 0.1) is 5.82 Å². The summed E-state index contributed by atoms with van der Waals surface area (Å²) in [5.41, 5.74) is 7.87. The van der Waals surface area contributed by atoms with Crippen LogP contribution >= 0.6 is 0 Å². The molecule has 0 bridgehead atoms. The van der Waals surface area contributed by atoms with E-state index < -0.39 is 11.2 Å². The van der Waals surface area contributed by atoms with E-state index in [-0.39, 0.29) is 5.82 Å². The maximum Gasteiger partial charge on any atom is 0.152 e. The van der Waals surface area contributed by atoms with Crippen LogP contribution in [-0.2, 0) is 11.2 Å². The number of hydrogen-bond donors (Lipinski definition) is 1. The van der Waals surface area contributed by atoms with Gasteiger partial charge in [-0.2, -0.15) is 0 Å². The second-order valence-electron chi connectivity index (χ2n) is 4.13. The van der Waals surface area contributed by atoms with Crippen LogP contribution in [0.5, 0.6) is 0 Å². The molecule has 0 aromatic heterocycles. The zero-order valence-electron chi connectivity index (χ0n) is 10.5. The van der Waals surface area contributed by atoms with E-state index in [1.807, 2.05) is 30.3 Å². The van der Waals surface area contributed by atoms with E-state index in [2.05, 4.69) is 0 Å². The van der Waals surface area contributed by atoms with Crippen LogP contribution in [-0.4, -0.2) is 10.8 Å². The first-order valence-corrected chi connectivity index (χ1v) is 7.28. The molecule has 2 aromatic carbocycles. The molecule has 0 aliphatic rings. The molecule has 98 valence electrons. The molecular formula is C15H14FNOS. The molecule has 0 spiro atoms. The molecule has 0 radical (unpaired) electrons. The summed E-state index contributed by atoms with van der Waals surface area (Å²) < 4.78 is 24.3. The van der Waals surface area contributed by atoms with Gasteiger partial charge in [0, 0.05) is 11.3 Å².